The lowest BCUT2D eigenvalue weighted by atomic mass is 9.88. The van der Waals surface area contributed by atoms with Crippen LogP contribution in [0, 0.1) is 0 Å². The molecule has 0 saturated heterocycles. The average molecular weight is 486 g/mol. The second-order valence-electron chi connectivity index (χ2n) is 10.3. The fourth-order valence-corrected chi connectivity index (χ4v) is 4.96. The number of carbonyl (C=O) groups is 1. The van der Waals surface area contributed by atoms with Crippen molar-refractivity contribution in [3.63, 3.8) is 0 Å². The molecule has 1 amide bonds. The molecule has 1 fully saturated rings. The minimum atomic E-state index is -0.490. The van der Waals surface area contributed by atoms with Gasteiger partial charge in [0.15, 0.2) is 0 Å². The Kier molecular flexibility index (Phi) is 7.51. The number of aromatic nitrogens is 2. The molecule has 1 aliphatic carbocycles. The molecule has 0 bridgehead atoms. The highest BCUT2D eigenvalue weighted by Crippen LogP contribution is 2.41. The molecule has 184 valence electrons. The SMILES string of the molecule is CCCCNc1ncc2c(n1)N(C1CCC(NC(=O)OC(C)(C)C)CC1)Cc1cc(Cl)ccc1-2. The Hall–Kier alpha value is -2.54. The Bertz CT molecular complexity index is 1010. The van der Waals surface area contributed by atoms with Crippen LogP contribution in [0.25, 0.3) is 11.1 Å². The summed E-state index contributed by atoms with van der Waals surface area (Å²) in [4.78, 5) is 24.2. The van der Waals surface area contributed by atoms with Gasteiger partial charge < -0.3 is 20.3 Å². The zero-order valence-electron chi connectivity index (χ0n) is 20.7. The van der Waals surface area contributed by atoms with E-state index in [1.807, 2.05) is 33.0 Å². The summed E-state index contributed by atoms with van der Waals surface area (Å²) in [6.07, 6.45) is 7.56. The highest BCUT2D eigenvalue weighted by atomic mass is 35.5. The molecule has 4 rings (SSSR count). The predicted molar refractivity (Wildman–Crippen MR) is 137 cm³/mol. The van der Waals surface area contributed by atoms with E-state index in [1.165, 1.54) is 5.56 Å². The van der Waals surface area contributed by atoms with Crippen LogP contribution in [0.2, 0.25) is 5.02 Å². The number of halogens is 1. The molecule has 0 atom stereocenters. The monoisotopic (exact) mass is 485 g/mol. The van der Waals surface area contributed by atoms with E-state index in [2.05, 4.69) is 39.6 Å². The number of hydrogen-bond acceptors (Lipinski definition) is 6. The molecule has 0 spiro atoms. The third kappa shape index (κ3) is 5.93. The third-order valence-electron chi connectivity index (χ3n) is 6.41. The van der Waals surface area contributed by atoms with Crippen LogP contribution >= 0.6 is 11.6 Å². The van der Waals surface area contributed by atoms with Crippen LogP contribution in [0.5, 0.6) is 0 Å². The number of anilines is 2. The topological polar surface area (TPSA) is 79.4 Å². The van der Waals surface area contributed by atoms with E-state index in [4.69, 9.17) is 21.3 Å². The van der Waals surface area contributed by atoms with Gasteiger partial charge in [0, 0.05) is 42.0 Å². The van der Waals surface area contributed by atoms with Gasteiger partial charge in [-0.25, -0.2) is 9.78 Å². The minimum absolute atomic E-state index is 0.133. The highest BCUT2D eigenvalue weighted by Gasteiger charge is 2.33. The molecule has 2 aromatic rings. The fraction of sp³-hybridized carbons (Fsp3) is 0.577. The van der Waals surface area contributed by atoms with Gasteiger partial charge in [-0.2, -0.15) is 4.98 Å². The van der Waals surface area contributed by atoms with Crippen molar-refractivity contribution in [2.24, 2.45) is 0 Å². The third-order valence-corrected chi connectivity index (χ3v) is 6.65. The molecule has 2 N–H and O–H groups in total. The van der Waals surface area contributed by atoms with Gasteiger partial charge in [-0.1, -0.05) is 31.0 Å². The molecule has 7 nitrogen and oxygen atoms in total. The first-order valence-electron chi connectivity index (χ1n) is 12.4. The zero-order valence-corrected chi connectivity index (χ0v) is 21.4. The van der Waals surface area contributed by atoms with Crippen molar-refractivity contribution in [1.29, 1.82) is 0 Å². The Morgan fingerprint density at radius 2 is 1.97 bits per heavy atom. The van der Waals surface area contributed by atoms with E-state index in [0.29, 0.717) is 12.0 Å². The van der Waals surface area contributed by atoms with E-state index in [-0.39, 0.29) is 12.1 Å². The Balaban J connectivity index is 1.51. The number of carbonyl (C=O) groups excluding carboxylic acids is 1. The van der Waals surface area contributed by atoms with Crippen LogP contribution < -0.4 is 15.5 Å². The van der Waals surface area contributed by atoms with Crippen LogP contribution in [0.15, 0.2) is 24.4 Å². The van der Waals surface area contributed by atoms with Crippen LogP contribution in [0.4, 0.5) is 16.6 Å². The van der Waals surface area contributed by atoms with E-state index < -0.39 is 5.60 Å². The summed E-state index contributed by atoms with van der Waals surface area (Å²) >= 11 is 6.33. The van der Waals surface area contributed by atoms with Crippen molar-refractivity contribution in [2.75, 3.05) is 16.8 Å². The second kappa shape index (κ2) is 10.4. The van der Waals surface area contributed by atoms with Gasteiger partial charge in [-0.05, 0) is 76.1 Å². The summed E-state index contributed by atoms with van der Waals surface area (Å²) in [5, 5.41) is 7.16. The van der Waals surface area contributed by atoms with Gasteiger partial charge in [-0.15, -0.1) is 0 Å². The van der Waals surface area contributed by atoms with Gasteiger partial charge in [0.05, 0.1) is 0 Å². The normalized spacial score (nSPS) is 19.7. The molecule has 2 aliphatic rings. The molecule has 1 saturated carbocycles. The van der Waals surface area contributed by atoms with Gasteiger partial charge in [0.1, 0.15) is 11.4 Å². The Morgan fingerprint density at radius 1 is 1.21 bits per heavy atom. The maximum Gasteiger partial charge on any atom is 0.407 e. The number of nitrogens with one attached hydrogen (secondary N) is 2. The summed E-state index contributed by atoms with van der Waals surface area (Å²) in [7, 11) is 0. The largest absolute Gasteiger partial charge is 0.444 e. The molecule has 0 radical (unpaired) electrons. The first kappa shape index (κ1) is 24.6. The van der Waals surface area contributed by atoms with E-state index in [9.17, 15) is 4.79 Å². The summed E-state index contributed by atoms with van der Waals surface area (Å²) in [6.45, 7) is 9.46. The molecular formula is C26H36ClN5O2. The molecule has 8 heteroatoms. The summed E-state index contributed by atoms with van der Waals surface area (Å²) < 4.78 is 5.44. The average Bonchev–Trinajstić information content (AvgIpc) is 2.77. The standard InChI is InChI=1S/C26H36ClN5O2/c1-5-6-13-28-24-29-15-22-21-12-7-18(27)14-17(21)16-32(23(22)31-24)20-10-8-19(9-11-20)30-25(33)34-26(2,3)4/h7,12,14-15,19-20H,5-6,8-11,13,16H2,1-4H3,(H,30,33)(H,28,29,31). The number of rotatable bonds is 6. The van der Waals surface area contributed by atoms with E-state index in [1.54, 1.807) is 0 Å². The number of unbranched alkanes of at least 4 members (excludes halogenated alkanes) is 1. The predicted octanol–water partition coefficient (Wildman–Crippen LogP) is 6.16. The van der Waals surface area contributed by atoms with Gasteiger partial charge in [0.25, 0.3) is 0 Å². The Morgan fingerprint density at radius 3 is 2.68 bits per heavy atom. The van der Waals surface area contributed by atoms with Crippen molar-refractivity contribution < 1.29 is 9.53 Å². The fourth-order valence-electron chi connectivity index (χ4n) is 4.77. The van der Waals surface area contributed by atoms with Crippen molar-refractivity contribution in [3.8, 4) is 11.1 Å². The molecule has 1 aromatic carbocycles. The van der Waals surface area contributed by atoms with Crippen molar-refractivity contribution in [3.05, 3.63) is 35.0 Å². The molecular weight excluding hydrogens is 450 g/mol. The van der Waals surface area contributed by atoms with Crippen LogP contribution in [-0.4, -0.2) is 40.3 Å². The number of benzene rings is 1. The maximum atomic E-state index is 12.2. The van der Waals surface area contributed by atoms with Crippen LogP contribution in [-0.2, 0) is 11.3 Å². The van der Waals surface area contributed by atoms with Crippen molar-refractivity contribution in [1.82, 2.24) is 15.3 Å². The Labute approximate surface area is 207 Å². The van der Waals surface area contributed by atoms with E-state index in [0.717, 1.165) is 73.6 Å². The molecule has 1 aliphatic heterocycles. The summed E-state index contributed by atoms with van der Waals surface area (Å²) in [5.41, 5.74) is 2.91. The van der Waals surface area contributed by atoms with E-state index >= 15 is 0 Å². The lowest BCUT2D eigenvalue weighted by Gasteiger charge is -2.41. The van der Waals surface area contributed by atoms with Crippen molar-refractivity contribution >= 4 is 29.5 Å². The highest BCUT2D eigenvalue weighted by molar-refractivity contribution is 6.30. The molecule has 2 heterocycles. The van der Waals surface area contributed by atoms with Crippen molar-refractivity contribution in [2.45, 2.75) is 90.4 Å². The minimum Gasteiger partial charge on any atom is -0.444 e. The number of amides is 1. The van der Waals surface area contributed by atoms with Gasteiger partial charge in [0.2, 0.25) is 5.95 Å². The molecule has 34 heavy (non-hydrogen) atoms. The lowest BCUT2D eigenvalue weighted by Crippen LogP contribution is -2.46. The first-order chi connectivity index (χ1) is 16.2. The molecule has 1 aromatic heterocycles. The number of hydrogen-bond donors (Lipinski definition) is 2. The lowest BCUT2D eigenvalue weighted by molar-refractivity contribution is 0.0491. The first-order valence-corrected chi connectivity index (χ1v) is 12.8. The quantitative estimate of drug-likeness (QED) is 0.476. The maximum absolute atomic E-state index is 12.2. The van der Waals surface area contributed by atoms with Crippen LogP contribution in [0.1, 0.15) is 71.8 Å². The number of ether oxygens (including phenoxy) is 1. The molecule has 0 unspecified atom stereocenters. The smallest absolute Gasteiger partial charge is 0.407 e. The zero-order chi connectivity index (χ0) is 24.3. The summed E-state index contributed by atoms with van der Waals surface area (Å²) in [5.74, 6) is 1.65. The van der Waals surface area contributed by atoms with Crippen LogP contribution in [0.3, 0.4) is 0 Å². The number of alkyl carbamates (subject to hydrolysis) is 1. The van der Waals surface area contributed by atoms with Gasteiger partial charge in [-0.3, -0.25) is 0 Å². The summed E-state index contributed by atoms with van der Waals surface area (Å²) in [6, 6.07) is 6.52. The number of nitrogens with zero attached hydrogens (tertiary/aromatic N) is 3. The van der Waals surface area contributed by atoms with Gasteiger partial charge >= 0.3 is 6.09 Å². The number of fused-ring (bicyclic) bond motifs is 3. The second-order valence-corrected chi connectivity index (χ2v) is 10.7.